The van der Waals surface area contributed by atoms with Crippen molar-refractivity contribution < 1.29 is 27.7 Å². The number of benzene rings is 2. The van der Waals surface area contributed by atoms with E-state index in [1.54, 1.807) is 0 Å². The second-order valence-corrected chi connectivity index (χ2v) is 7.34. The second-order valence-electron chi connectivity index (χ2n) is 7.34. The van der Waals surface area contributed by atoms with Gasteiger partial charge in [-0.15, -0.1) is 0 Å². The fourth-order valence-electron chi connectivity index (χ4n) is 3.11. The van der Waals surface area contributed by atoms with Crippen LogP contribution in [0.2, 0.25) is 0 Å². The van der Waals surface area contributed by atoms with Crippen molar-refractivity contribution in [3.05, 3.63) is 59.7 Å². The number of alkyl halides is 3. The van der Waals surface area contributed by atoms with Crippen molar-refractivity contribution >= 4 is 23.2 Å². The Morgan fingerprint density at radius 2 is 1.40 bits per heavy atom. The Bertz CT molecular complexity index is 882. The predicted molar refractivity (Wildman–Crippen MR) is 110 cm³/mol. The highest BCUT2D eigenvalue weighted by molar-refractivity contribution is 5.94. The zero-order valence-electron chi connectivity index (χ0n) is 17.3. The first-order valence-electron chi connectivity index (χ1n) is 9.80. The third-order valence-corrected chi connectivity index (χ3v) is 4.68. The largest absolute Gasteiger partial charge is 0.418 e. The Morgan fingerprint density at radius 1 is 0.900 bits per heavy atom. The standard InChI is InChI=1S/C22H26F3N3O2/c1-4-28(13-20(29)26-18-11-7-5-9-16(18)15(2)3)14-21(30)27-19-12-8-6-10-17(19)22(23,24)25/h5-12,15H,4,13-14H2,1-3H3,(H,26,29)(H,27,30)/p+1. The fourth-order valence-corrected chi connectivity index (χ4v) is 3.11. The molecule has 2 aromatic rings. The molecule has 8 heteroatoms. The van der Waals surface area contributed by atoms with E-state index in [1.807, 2.05) is 45.0 Å². The van der Waals surface area contributed by atoms with Crippen LogP contribution in [0.4, 0.5) is 24.5 Å². The molecule has 2 amide bonds. The van der Waals surface area contributed by atoms with E-state index in [1.165, 1.54) is 18.2 Å². The van der Waals surface area contributed by atoms with E-state index in [-0.39, 0.29) is 30.6 Å². The molecule has 0 spiro atoms. The Balaban J connectivity index is 1.99. The van der Waals surface area contributed by atoms with Gasteiger partial charge in [0.05, 0.1) is 17.8 Å². The molecule has 0 aliphatic rings. The molecule has 0 aromatic heterocycles. The molecular weight excluding hydrogens is 395 g/mol. The molecule has 0 saturated carbocycles. The highest BCUT2D eigenvalue weighted by Gasteiger charge is 2.33. The van der Waals surface area contributed by atoms with Gasteiger partial charge in [0.25, 0.3) is 11.8 Å². The van der Waals surface area contributed by atoms with Crippen molar-refractivity contribution in [1.29, 1.82) is 0 Å². The number of carbonyl (C=O) groups excluding carboxylic acids is 2. The number of likely N-dealkylation sites (N-methyl/N-ethyl adjacent to an activating group) is 1. The van der Waals surface area contributed by atoms with E-state index >= 15 is 0 Å². The van der Waals surface area contributed by atoms with Crippen LogP contribution in [0.1, 0.15) is 37.8 Å². The van der Waals surface area contributed by atoms with Crippen LogP contribution >= 0.6 is 0 Å². The minimum Gasteiger partial charge on any atom is -0.321 e. The lowest BCUT2D eigenvalue weighted by molar-refractivity contribution is -0.881. The summed E-state index contributed by atoms with van der Waals surface area (Å²) in [4.78, 5) is 25.4. The van der Waals surface area contributed by atoms with Crippen LogP contribution in [0, 0.1) is 0 Å². The van der Waals surface area contributed by atoms with Crippen molar-refractivity contribution in [2.75, 3.05) is 30.3 Å². The molecule has 0 heterocycles. The van der Waals surface area contributed by atoms with E-state index in [0.29, 0.717) is 11.4 Å². The van der Waals surface area contributed by atoms with Gasteiger partial charge in [-0.25, -0.2) is 0 Å². The summed E-state index contributed by atoms with van der Waals surface area (Å²) >= 11 is 0. The molecule has 1 unspecified atom stereocenters. The summed E-state index contributed by atoms with van der Waals surface area (Å²) in [5.41, 5.74) is 0.530. The number of nitrogens with one attached hydrogen (secondary N) is 3. The molecule has 30 heavy (non-hydrogen) atoms. The van der Waals surface area contributed by atoms with Gasteiger partial charge in [0.1, 0.15) is 0 Å². The van der Waals surface area contributed by atoms with Crippen molar-refractivity contribution in [2.24, 2.45) is 0 Å². The monoisotopic (exact) mass is 422 g/mol. The predicted octanol–water partition coefficient (Wildman–Crippen LogP) is 3.31. The maximum Gasteiger partial charge on any atom is 0.418 e. The number of hydrogen-bond acceptors (Lipinski definition) is 2. The number of carbonyl (C=O) groups is 2. The number of rotatable bonds is 8. The van der Waals surface area contributed by atoms with Gasteiger partial charge in [0.15, 0.2) is 13.1 Å². The third-order valence-electron chi connectivity index (χ3n) is 4.68. The van der Waals surface area contributed by atoms with Gasteiger partial charge in [-0.1, -0.05) is 44.2 Å². The van der Waals surface area contributed by atoms with Gasteiger partial charge in [0.2, 0.25) is 0 Å². The Morgan fingerprint density at radius 3 is 1.93 bits per heavy atom. The molecule has 1 atom stereocenters. The molecule has 0 aliphatic carbocycles. The molecule has 0 fully saturated rings. The van der Waals surface area contributed by atoms with E-state index in [4.69, 9.17) is 0 Å². The van der Waals surface area contributed by atoms with Crippen LogP contribution < -0.4 is 15.5 Å². The first kappa shape index (κ1) is 23.4. The van der Waals surface area contributed by atoms with Gasteiger partial charge in [-0.05, 0) is 36.6 Å². The summed E-state index contributed by atoms with van der Waals surface area (Å²) < 4.78 is 39.3. The van der Waals surface area contributed by atoms with Crippen LogP contribution in [-0.4, -0.2) is 31.4 Å². The molecule has 0 bridgehead atoms. The third kappa shape index (κ3) is 6.59. The average Bonchev–Trinajstić information content (AvgIpc) is 2.67. The van der Waals surface area contributed by atoms with Crippen LogP contribution in [-0.2, 0) is 15.8 Å². The highest BCUT2D eigenvalue weighted by atomic mass is 19.4. The van der Waals surface area contributed by atoms with Gasteiger partial charge in [0, 0.05) is 5.69 Å². The normalized spacial score (nSPS) is 12.5. The number of quaternary nitrogens is 1. The quantitative estimate of drug-likeness (QED) is 0.611. The summed E-state index contributed by atoms with van der Waals surface area (Å²) in [6.07, 6.45) is -4.56. The maximum atomic E-state index is 13.1. The number of para-hydroxylation sites is 2. The smallest absolute Gasteiger partial charge is 0.321 e. The van der Waals surface area contributed by atoms with Gasteiger partial charge >= 0.3 is 6.18 Å². The Hall–Kier alpha value is -2.87. The minimum absolute atomic E-state index is 0.0251. The molecule has 3 N–H and O–H groups in total. The zero-order chi connectivity index (χ0) is 22.3. The Labute approximate surface area is 174 Å². The van der Waals surface area contributed by atoms with Crippen LogP contribution in [0.3, 0.4) is 0 Å². The average molecular weight is 422 g/mol. The highest BCUT2D eigenvalue weighted by Crippen LogP contribution is 2.34. The fraction of sp³-hybridized carbons (Fsp3) is 0.364. The SMILES string of the molecule is CC[NH+](CC(=O)Nc1ccccc1C(C)C)CC(=O)Nc1ccccc1C(F)(F)F. The molecule has 5 nitrogen and oxygen atoms in total. The molecule has 0 aliphatic heterocycles. The molecule has 2 aromatic carbocycles. The van der Waals surface area contributed by atoms with Crippen molar-refractivity contribution in [2.45, 2.75) is 32.9 Å². The van der Waals surface area contributed by atoms with Crippen LogP contribution in [0.15, 0.2) is 48.5 Å². The number of amides is 2. The second kappa shape index (κ2) is 10.2. The van der Waals surface area contributed by atoms with E-state index in [0.717, 1.165) is 17.3 Å². The molecule has 2 rings (SSSR count). The van der Waals surface area contributed by atoms with Crippen LogP contribution in [0.5, 0.6) is 0 Å². The lowest BCUT2D eigenvalue weighted by Crippen LogP contribution is -3.13. The number of halogens is 3. The van der Waals surface area contributed by atoms with E-state index in [2.05, 4.69) is 10.6 Å². The van der Waals surface area contributed by atoms with E-state index in [9.17, 15) is 22.8 Å². The summed E-state index contributed by atoms with van der Waals surface area (Å²) in [6.45, 7) is 6.23. The van der Waals surface area contributed by atoms with Gasteiger partial charge in [-0.3, -0.25) is 9.59 Å². The minimum atomic E-state index is -4.56. The van der Waals surface area contributed by atoms with Crippen molar-refractivity contribution in [3.8, 4) is 0 Å². The molecular formula is C22H27F3N3O2+. The first-order valence-corrected chi connectivity index (χ1v) is 9.80. The topological polar surface area (TPSA) is 62.6 Å². The van der Waals surface area contributed by atoms with E-state index < -0.39 is 17.6 Å². The number of anilines is 2. The Kier molecular flexibility index (Phi) is 8.00. The lowest BCUT2D eigenvalue weighted by Gasteiger charge is -2.19. The van der Waals surface area contributed by atoms with Crippen molar-refractivity contribution in [3.63, 3.8) is 0 Å². The van der Waals surface area contributed by atoms with Gasteiger partial charge in [-0.2, -0.15) is 13.2 Å². The van der Waals surface area contributed by atoms with Crippen molar-refractivity contribution in [1.82, 2.24) is 0 Å². The first-order chi connectivity index (χ1) is 14.1. The summed E-state index contributed by atoms with van der Waals surface area (Å²) in [7, 11) is 0. The van der Waals surface area contributed by atoms with Crippen LogP contribution in [0.25, 0.3) is 0 Å². The lowest BCUT2D eigenvalue weighted by atomic mass is 10.0. The molecule has 162 valence electrons. The maximum absolute atomic E-state index is 13.1. The zero-order valence-corrected chi connectivity index (χ0v) is 17.3. The molecule has 0 radical (unpaired) electrons. The number of hydrogen-bond donors (Lipinski definition) is 3. The van der Waals surface area contributed by atoms with Gasteiger partial charge < -0.3 is 15.5 Å². The summed E-state index contributed by atoms with van der Waals surface area (Å²) in [5.74, 6) is -0.613. The summed E-state index contributed by atoms with van der Waals surface area (Å²) in [6, 6.07) is 12.3. The summed E-state index contributed by atoms with van der Waals surface area (Å²) in [5, 5.41) is 5.19. The molecule has 0 saturated heterocycles.